The number of rotatable bonds is 9. The second-order valence-electron chi connectivity index (χ2n) is 9.70. The molecule has 0 radical (unpaired) electrons. The van der Waals surface area contributed by atoms with Gasteiger partial charge in [0.1, 0.15) is 5.75 Å². The topological polar surface area (TPSA) is 26.3 Å². The fourth-order valence-corrected chi connectivity index (χ4v) is 5.69. The Morgan fingerprint density at radius 3 is 2.03 bits per heavy atom. The van der Waals surface area contributed by atoms with E-state index < -0.39 is 0 Å². The summed E-state index contributed by atoms with van der Waals surface area (Å²) >= 11 is 0. The smallest absolute Gasteiger partial charge is 0.314 e. The van der Waals surface area contributed by atoms with E-state index in [2.05, 4.69) is 26.0 Å². The molecule has 3 rings (SSSR count). The van der Waals surface area contributed by atoms with E-state index in [1.165, 1.54) is 76.2 Å². The van der Waals surface area contributed by atoms with Crippen molar-refractivity contribution in [2.45, 2.75) is 104 Å². The van der Waals surface area contributed by atoms with Crippen molar-refractivity contribution in [3.8, 4) is 5.75 Å². The summed E-state index contributed by atoms with van der Waals surface area (Å²) in [5, 5.41) is 0. The summed E-state index contributed by atoms with van der Waals surface area (Å²) in [5.41, 5.74) is 1.34. The average Bonchev–Trinajstić information content (AvgIpc) is 2.76. The van der Waals surface area contributed by atoms with Crippen molar-refractivity contribution in [3.63, 3.8) is 0 Å². The fraction of sp³-hybridized carbons (Fsp3) is 0.741. The van der Waals surface area contributed by atoms with Crippen molar-refractivity contribution in [1.29, 1.82) is 0 Å². The van der Waals surface area contributed by atoms with Gasteiger partial charge in [-0.2, -0.15) is 0 Å². The number of benzene rings is 1. The number of esters is 1. The Labute approximate surface area is 178 Å². The molecule has 2 heteroatoms. The van der Waals surface area contributed by atoms with Crippen molar-refractivity contribution < 1.29 is 9.53 Å². The highest BCUT2D eigenvalue weighted by Gasteiger charge is 2.33. The molecule has 2 aliphatic rings. The average molecular weight is 399 g/mol. The van der Waals surface area contributed by atoms with Gasteiger partial charge in [-0.15, -0.1) is 0 Å². The lowest BCUT2D eigenvalue weighted by atomic mass is 9.69. The molecule has 1 aromatic rings. The van der Waals surface area contributed by atoms with E-state index in [-0.39, 0.29) is 11.9 Å². The summed E-state index contributed by atoms with van der Waals surface area (Å²) < 4.78 is 5.72. The SMILES string of the molecule is CCCCCc1ccc(OC(=O)C2CCC(C3CCC(CCC)CC3)CC2)cc1. The van der Waals surface area contributed by atoms with E-state index in [1.807, 2.05) is 12.1 Å². The normalized spacial score (nSPS) is 27.5. The Hall–Kier alpha value is -1.31. The molecule has 0 saturated heterocycles. The standard InChI is InChI=1S/C27H42O2/c1-3-5-6-8-22-11-19-26(20-12-22)29-27(28)25-17-15-24(16-18-25)23-13-9-21(7-4-2)10-14-23/h11-12,19-21,23-25H,3-10,13-18H2,1-2H3. The molecule has 2 fully saturated rings. The quantitative estimate of drug-likeness (QED) is 0.241. The lowest BCUT2D eigenvalue weighted by Crippen LogP contribution is -2.30. The van der Waals surface area contributed by atoms with Gasteiger partial charge in [0, 0.05) is 0 Å². The third-order valence-electron chi connectivity index (χ3n) is 7.57. The zero-order valence-corrected chi connectivity index (χ0v) is 18.8. The van der Waals surface area contributed by atoms with Gasteiger partial charge in [-0.25, -0.2) is 0 Å². The van der Waals surface area contributed by atoms with Crippen LogP contribution < -0.4 is 4.74 Å². The number of unbranched alkanes of at least 4 members (excludes halogenated alkanes) is 2. The molecule has 1 aromatic carbocycles. The zero-order valence-electron chi connectivity index (χ0n) is 18.8. The van der Waals surface area contributed by atoms with Crippen LogP contribution in [-0.4, -0.2) is 5.97 Å². The predicted octanol–water partition coefficient (Wildman–Crippen LogP) is 7.74. The Morgan fingerprint density at radius 2 is 1.45 bits per heavy atom. The predicted molar refractivity (Wildman–Crippen MR) is 121 cm³/mol. The molecule has 29 heavy (non-hydrogen) atoms. The highest BCUT2D eigenvalue weighted by Crippen LogP contribution is 2.42. The molecule has 162 valence electrons. The lowest BCUT2D eigenvalue weighted by Gasteiger charge is -2.37. The van der Waals surface area contributed by atoms with Crippen LogP contribution in [-0.2, 0) is 11.2 Å². The van der Waals surface area contributed by atoms with Crippen LogP contribution in [0.4, 0.5) is 0 Å². The maximum absolute atomic E-state index is 12.6. The molecule has 0 bridgehead atoms. The molecular formula is C27H42O2. The minimum absolute atomic E-state index is 0.00571. The van der Waals surface area contributed by atoms with E-state index in [4.69, 9.17) is 4.74 Å². The number of ether oxygens (including phenoxy) is 1. The third kappa shape index (κ3) is 6.86. The van der Waals surface area contributed by atoms with Gasteiger partial charge in [0.15, 0.2) is 0 Å². The first-order chi connectivity index (χ1) is 14.2. The summed E-state index contributed by atoms with van der Waals surface area (Å²) in [4.78, 5) is 12.6. The Kier molecular flexibility index (Phi) is 9.08. The number of carbonyl (C=O) groups is 1. The van der Waals surface area contributed by atoms with E-state index in [0.717, 1.165) is 37.0 Å². The van der Waals surface area contributed by atoms with Gasteiger partial charge in [0.05, 0.1) is 5.92 Å². The maximum Gasteiger partial charge on any atom is 0.314 e. The van der Waals surface area contributed by atoms with Crippen molar-refractivity contribution in [1.82, 2.24) is 0 Å². The molecule has 0 aliphatic heterocycles. The van der Waals surface area contributed by atoms with Crippen molar-refractivity contribution in [2.24, 2.45) is 23.7 Å². The first-order valence-corrected chi connectivity index (χ1v) is 12.5. The minimum Gasteiger partial charge on any atom is -0.426 e. The van der Waals surface area contributed by atoms with Gasteiger partial charge in [0.2, 0.25) is 0 Å². The maximum atomic E-state index is 12.6. The van der Waals surface area contributed by atoms with Gasteiger partial charge in [-0.1, -0.05) is 64.5 Å². The number of carbonyl (C=O) groups excluding carboxylic acids is 1. The van der Waals surface area contributed by atoms with Crippen LogP contribution in [0.5, 0.6) is 5.75 Å². The summed E-state index contributed by atoms with van der Waals surface area (Å²) in [7, 11) is 0. The summed E-state index contributed by atoms with van der Waals surface area (Å²) in [6.07, 6.45) is 17.9. The Balaban J connectivity index is 1.39. The summed E-state index contributed by atoms with van der Waals surface area (Å²) in [6.45, 7) is 4.54. The van der Waals surface area contributed by atoms with Gasteiger partial charge < -0.3 is 4.74 Å². The second-order valence-corrected chi connectivity index (χ2v) is 9.70. The van der Waals surface area contributed by atoms with Crippen LogP contribution in [0.25, 0.3) is 0 Å². The van der Waals surface area contributed by atoms with Crippen LogP contribution in [0.2, 0.25) is 0 Å². The van der Waals surface area contributed by atoms with Gasteiger partial charge in [0.25, 0.3) is 0 Å². The van der Waals surface area contributed by atoms with Crippen LogP contribution >= 0.6 is 0 Å². The van der Waals surface area contributed by atoms with E-state index in [0.29, 0.717) is 5.75 Å². The molecule has 0 spiro atoms. The van der Waals surface area contributed by atoms with Crippen molar-refractivity contribution in [3.05, 3.63) is 29.8 Å². The number of aryl methyl sites for hydroxylation is 1. The van der Waals surface area contributed by atoms with Crippen LogP contribution in [0.15, 0.2) is 24.3 Å². The van der Waals surface area contributed by atoms with E-state index in [9.17, 15) is 4.79 Å². The summed E-state index contributed by atoms with van der Waals surface area (Å²) in [5.74, 6) is 3.57. The van der Waals surface area contributed by atoms with Crippen LogP contribution in [0, 0.1) is 23.7 Å². The monoisotopic (exact) mass is 398 g/mol. The van der Waals surface area contributed by atoms with E-state index >= 15 is 0 Å². The van der Waals surface area contributed by atoms with Crippen molar-refractivity contribution >= 4 is 5.97 Å². The van der Waals surface area contributed by atoms with Gasteiger partial charge in [-0.3, -0.25) is 4.79 Å². The van der Waals surface area contributed by atoms with Crippen molar-refractivity contribution in [2.75, 3.05) is 0 Å². The summed E-state index contributed by atoms with van der Waals surface area (Å²) in [6, 6.07) is 8.17. The largest absolute Gasteiger partial charge is 0.426 e. The molecule has 0 aromatic heterocycles. The first-order valence-electron chi connectivity index (χ1n) is 12.5. The van der Waals surface area contributed by atoms with Crippen LogP contribution in [0.3, 0.4) is 0 Å². The fourth-order valence-electron chi connectivity index (χ4n) is 5.69. The molecule has 0 heterocycles. The first kappa shape index (κ1) is 22.4. The molecule has 0 amide bonds. The van der Waals surface area contributed by atoms with Gasteiger partial charge >= 0.3 is 5.97 Å². The molecule has 2 nitrogen and oxygen atoms in total. The second kappa shape index (κ2) is 11.8. The zero-order chi connectivity index (χ0) is 20.5. The van der Waals surface area contributed by atoms with E-state index in [1.54, 1.807) is 0 Å². The third-order valence-corrected chi connectivity index (χ3v) is 7.57. The minimum atomic E-state index is -0.00571. The lowest BCUT2D eigenvalue weighted by molar-refractivity contribution is -0.140. The number of hydrogen-bond acceptors (Lipinski definition) is 2. The molecule has 2 aliphatic carbocycles. The Morgan fingerprint density at radius 1 is 0.828 bits per heavy atom. The highest BCUT2D eigenvalue weighted by molar-refractivity contribution is 5.75. The molecule has 0 unspecified atom stereocenters. The van der Waals surface area contributed by atoms with Gasteiger partial charge in [-0.05, 0) is 86.8 Å². The molecule has 0 atom stereocenters. The number of hydrogen-bond donors (Lipinski definition) is 0. The Bertz CT molecular complexity index is 589. The molecule has 2 saturated carbocycles. The molecular weight excluding hydrogens is 356 g/mol. The highest BCUT2D eigenvalue weighted by atomic mass is 16.5. The van der Waals surface area contributed by atoms with Crippen LogP contribution in [0.1, 0.15) is 103 Å². The molecule has 0 N–H and O–H groups in total.